The molecule has 0 heterocycles. The molecule has 1 aliphatic carbocycles. The number of unbranched alkanes of at least 4 members (excludes halogenated alkanes) is 3. The first kappa shape index (κ1) is 10.5. The van der Waals surface area contributed by atoms with Crippen LogP contribution in [0.1, 0.15) is 52.4 Å². The molecule has 1 aliphatic rings. The third-order valence-electron chi connectivity index (χ3n) is 3.20. The molecule has 1 rings (SSSR count). The Morgan fingerprint density at radius 3 is 2.62 bits per heavy atom. The van der Waals surface area contributed by atoms with Gasteiger partial charge in [-0.2, -0.15) is 0 Å². The summed E-state index contributed by atoms with van der Waals surface area (Å²) in [7, 11) is 0. The Bertz CT molecular complexity index is 193. The first-order valence-electron chi connectivity index (χ1n) is 5.25. The average Bonchev–Trinajstić information content (AvgIpc) is 2.73. The van der Waals surface area contributed by atoms with Gasteiger partial charge in [0, 0.05) is 24.2 Å². The van der Waals surface area contributed by atoms with E-state index < -0.39 is 5.54 Å². The van der Waals surface area contributed by atoms with Crippen LogP contribution in [0.4, 0.5) is 0 Å². The first-order valence-corrected chi connectivity index (χ1v) is 5.25. The zero-order valence-corrected chi connectivity index (χ0v) is 8.58. The molecule has 1 saturated carbocycles. The van der Waals surface area contributed by atoms with Gasteiger partial charge >= 0.3 is 0 Å². The van der Waals surface area contributed by atoms with Crippen LogP contribution in [-0.4, -0.2) is 10.5 Å². The third kappa shape index (κ3) is 2.42. The smallest absolute Gasteiger partial charge is 0.223 e. The molecule has 0 aromatic heterocycles. The zero-order valence-electron chi connectivity index (χ0n) is 8.58. The third-order valence-corrected chi connectivity index (χ3v) is 3.20. The molecule has 2 atom stereocenters. The van der Waals surface area contributed by atoms with Crippen molar-refractivity contribution in [2.45, 2.75) is 57.9 Å². The minimum absolute atomic E-state index is 0.0997. The van der Waals surface area contributed by atoms with E-state index in [2.05, 4.69) is 6.92 Å². The van der Waals surface area contributed by atoms with Crippen LogP contribution in [0.25, 0.3) is 0 Å². The molecule has 0 aliphatic heterocycles. The van der Waals surface area contributed by atoms with E-state index in [1.807, 2.05) is 0 Å². The summed E-state index contributed by atoms with van der Waals surface area (Å²) in [5.74, 6) is 0.361. The summed E-state index contributed by atoms with van der Waals surface area (Å²) < 4.78 is 0. The van der Waals surface area contributed by atoms with Crippen molar-refractivity contribution in [3.63, 3.8) is 0 Å². The fourth-order valence-electron chi connectivity index (χ4n) is 1.89. The first-order chi connectivity index (χ1) is 6.11. The van der Waals surface area contributed by atoms with Gasteiger partial charge in [-0.25, -0.2) is 0 Å². The second-order valence-corrected chi connectivity index (χ2v) is 4.36. The van der Waals surface area contributed by atoms with E-state index in [9.17, 15) is 10.1 Å². The Kier molecular flexibility index (Phi) is 3.28. The molecule has 76 valence electrons. The van der Waals surface area contributed by atoms with Crippen molar-refractivity contribution in [2.75, 3.05) is 0 Å². The van der Waals surface area contributed by atoms with E-state index >= 15 is 0 Å². The lowest BCUT2D eigenvalue weighted by molar-refractivity contribution is -0.537. The molecule has 0 amide bonds. The van der Waals surface area contributed by atoms with Gasteiger partial charge in [-0.3, -0.25) is 10.1 Å². The van der Waals surface area contributed by atoms with E-state index in [0.717, 1.165) is 12.8 Å². The van der Waals surface area contributed by atoms with E-state index in [1.165, 1.54) is 25.7 Å². The number of hydrogen-bond acceptors (Lipinski definition) is 2. The lowest BCUT2D eigenvalue weighted by Crippen LogP contribution is -2.19. The summed E-state index contributed by atoms with van der Waals surface area (Å²) >= 11 is 0. The molecule has 3 nitrogen and oxygen atoms in total. The van der Waals surface area contributed by atoms with Crippen molar-refractivity contribution >= 4 is 0 Å². The van der Waals surface area contributed by atoms with Gasteiger partial charge in [0.25, 0.3) is 0 Å². The summed E-state index contributed by atoms with van der Waals surface area (Å²) in [5.41, 5.74) is -0.563. The lowest BCUT2D eigenvalue weighted by Gasteiger charge is -2.02. The second kappa shape index (κ2) is 4.07. The monoisotopic (exact) mass is 185 g/mol. The molecule has 0 aromatic carbocycles. The summed E-state index contributed by atoms with van der Waals surface area (Å²) in [6.45, 7) is 3.95. The van der Waals surface area contributed by atoms with Crippen molar-refractivity contribution in [3.05, 3.63) is 10.1 Å². The molecule has 0 N–H and O–H groups in total. The Balaban J connectivity index is 2.10. The fraction of sp³-hybridized carbons (Fsp3) is 1.00. The minimum atomic E-state index is -0.563. The highest BCUT2D eigenvalue weighted by Crippen LogP contribution is 2.48. The summed E-state index contributed by atoms with van der Waals surface area (Å²) in [4.78, 5) is 10.5. The molecule has 13 heavy (non-hydrogen) atoms. The number of rotatable bonds is 6. The number of nitro groups is 1. The predicted octanol–water partition coefficient (Wildman–Crippen LogP) is 3.01. The molecule has 0 unspecified atom stereocenters. The van der Waals surface area contributed by atoms with Crippen molar-refractivity contribution in [3.8, 4) is 0 Å². The van der Waals surface area contributed by atoms with Crippen molar-refractivity contribution in [2.24, 2.45) is 5.92 Å². The summed E-state index contributed by atoms with van der Waals surface area (Å²) in [6.07, 6.45) is 6.76. The molecule has 0 aromatic rings. The number of nitrogens with zero attached hydrogens (tertiary/aromatic N) is 1. The van der Waals surface area contributed by atoms with E-state index in [-0.39, 0.29) is 4.92 Å². The maximum Gasteiger partial charge on any atom is 0.223 e. The minimum Gasteiger partial charge on any atom is -0.264 e. The van der Waals surface area contributed by atoms with E-state index in [1.54, 1.807) is 6.92 Å². The molecule has 0 radical (unpaired) electrons. The Labute approximate surface area is 79.7 Å². The average molecular weight is 185 g/mol. The SMILES string of the molecule is CCCCCC[C@H]1C[C@@]1(C)[N+](=O)[O-]. The van der Waals surface area contributed by atoms with Gasteiger partial charge in [-0.05, 0) is 6.42 Å². The highest BCUT2D eigenvalue weighted by molar-refractivity contribution is 4.99. The standard InChI is InChI=1S/C10H19NO2/c1-3-4-5-6-7-9-8-10(9,2)11(12)13/h9H,3-8H2,1-2H3/t9-,10+/m0/s1. The van der Waals surface area contributed by atoms with Crippen molar-refractivity contribution in [1.82, 2.24) is 0 Å². The van der Waals surface area contributed by atoms with E-state index in [0.29, 0.717) is 5.92 Å². The Morgan fingerprint density at radius 2 is 2.15 bits per heavy atom. The summed E-state index contributed by atoms with van der Waals surface area (Å²) in [5, 5.41) is 10.6. The molecule has 1 fully saturated rings. The normalized spacial score (nSPS) is 31.7. The van der Waals surface area contributed by atoms with Crippen molar-refractivity contribution < 1.29 is 4.92 Å². The van der Waals surface area contributed by atoms with Crippen LogP contribution in [0.5, 0.6) is 0 Å². The van der Waals surface area contributed by atoms with Gasteiger partial charge in [0.1, 0.15) is 0 Å². The summed E-state index contributed by atoms with van der Waals surface area (Å²) in [6, 6.07) is 0. The predicted molar refractivity (Wildman–Crippen MR) is 52.3 cm³/mol. The van der Waals surface area contributed by atoms with Crippen LogP contribution in [0, 0.1) is 16.0 Å². The molecule has 0 spiro atoms. The van der Waals surface area contributed by atoms with Gasteiger partial charge in [-0.15, -0.1) is 0 Å². The maximum absolute atomic E-state index is 10.6. The van der Waals surface area contributed by atoms with Crippen LogP contribution in [0.15, 0.2) is 0 Å². The van der Waals surface area contributed by atoms with Crippen LogP contribution in [-0.2, 0) is 0 Å². The molecule has 0 bridgehead atoms. The Hall–Kier alpha value is -0.600. The fourth-order valence-corrected chi connectivity index (χ4v) is 1.89. The molecular weight excluding hydrogens is 166 g/mol. The molecule has 3 heteroatoms. The van der Waals surface area contributed by atoms with Gasteiger partial charge in [0.15, 0.2) is 0 Å². The maximum atomic E-state index is 10.6. The van der Waals surface area contributed by atoms with Gasteiger partial charge in [-0.1, -0.05) is 32.6 Å². The molecule has 0 saturated heterocycles. The Morgan fingerprint density at radius 1 is 1.46 bits per heavy atom. The van der Waals surface area contributed by atoms with Crippen LogP contribution in [0.3, 0.4) is 0 Å². The van der Waals surface area contributed by atoms with Crippen molar-refractivity contribution in [1.29, 1.82) is 0 Å². The quantitative estimate of drug-likeness (QED) is 0.362. The second-order valence-electron chi connectivity index (χ2n) is 4.36. The van der Waals surface area contributed by atoms with Crippen LogP contribution < -0.4 is 0 Å². The van der Waals surface area contributed by atoms with Crippen LogP contribution >= 0.6 is 0 Å². The highest BCUT2D eigenvalue weighted by atomic mass is 16.6. The van der Waals surface area contributed by atoms with Crippen LogP contribution in [0.2, 0.25) is 0 Å². The lowest BCUT2D eigenvalue weighted by atomic mass is 10.1. The van der Waals surface area contributed by atoms with Gasteiger partial charge in [0.2, 0.25) is 5.54 Å². The van der Waals surface area contributed by atoms with Gasteiger partial charge in [0.05, 0.1) is 0 Å². The highest BCUT2D eigenvalue weighted by Gasteiger charge is 2.61. The topological polar surface area (TPSA) is 43.1 Å². The van der Waals surface area contributed by atoms with E-state index in [4.69, 9.17) is 0 Å². The van der Waals surface area contributed by atoms with Gasteiger partial charge < -0.3 is 0 Å². The molecular formula is C10H19NO2. The zero-order chi connectivity index (χ0) is 9.90. The largest absolute Gasteiger partial charge is 0.264 e. The number of hydrogen-bond donors (Lipinski definition) is 0.